The molecular formula is C24H26O9. The number of aliphatic hydroxyl groups is 1. The molecule has 9 heteroatoms. The van der Waals surface area contributed by atoms with Crippen LogP contribution in [0.4, 0.5) is 0 Å². The first kappa shape index (κ1) is 24.4. The van der Waals surface area contributed by atoms with Gasteiger partial charge in [0.1, 0.15) is 23.9 Å². The van der Waals surface area contributed by atoms with Crippen molar-refractivity contribution in [1.82, 2.24) is 0 Å². The lowest BCUT2D eigenvalue weighted by atomic mass is 9.75. The summed E-state index contributed by atoms with van der Waals surface area (Å²) in [5.41, 5.74) is 0.301. The number of aromatic hydroxyl groups is 2. The normalized spacial score (nSPS) is 16.2. The number of fused-ring (bicyclic) bond motifs is 3. The van der Waals surface area contributed by atoms with Gasteiger partial charge < -0.3 is 20.1 Å². The standard InChI is InChI=1S/C21H18O7.C3H8O2/c1-28-14-4-2-3-11-15(14)21(27)17-16(19(11)25)20(26)12-7-9(13(23)8-22)5-6-10(12)18(17)24;1-3-5-4-2/h2-4,9,22,24,26H,5-8H2,1H3;3H2,1-2H3. The summed E-state index contributed by atoms with van der Waals surface area (Å²) in [4.78, 5) is 46.6. The second-order valence-corrected chi connectivity index (χ2v) is 7.58. The van der Waals surface area contributed by atoms with E-state index in [-0.39, 0.29) is 63.7 Å². The minimum atomic E-state index is -0.609. The van der Waals surface area contributed by atoms with Crippen LogP contribution >= 0.6 is 0 Å². The number of rotatable bonds is 5. The lowest BCUT2D eigenvalue weighted by Crippen LogP contribution is -2.28. The fourth-order valence-corrected chi connectivity index (χ4v) is 4.33. The summed E-state index contributed by atoms with van der Waals surface area (Å²) in [5.74, 6) is -2.56. The van der Waals surface area contributed by atoms with Gasteiger partial charge in [-0.1, -0.05) is 12.1 Å². The fourth-order valence-electron chi connectivity index (χ4n) is 4.33. The highest BCUT2D eigenvalue weighted by atomic mass is 17.2. The first-order valence-electron chi connectivity index (χ1n) is 10.5. The van der Waals surface area contributed by atoms with Crippen molar-refractivity contribution in [2.75, 3.05) is 27.4 Å². The van der Waals surface area contributed by atoms with E-state index in [0.717, 1.165) is 0 Å². The molecule has 33 heavy (non-hydrogen) atoms. The van der Waals surface area contributed by atoms with Crippen molar-refractivity contribution < 1.29 is 44.2 Å². The molecule has 2 aliphatic carbocycles. The predicted octanol–water partition coefficient (Wildman–Crippen LogP) is 2.13. The lowest BCUT2D eigenvalue weighted by molar-refractivity contribution is -0.268. The van der Waals surface area contributed by atoms with Crippen LogP contribution in [0.2, 0.25) is 0 Å². The van der Waals surface area contributed by atoms with Crippen LogP contribution in [0, 0.1) is 5.92 Å². The smallest absolute Gasteiger partial charge is 0.202 e. The number of hydrogen-bond donors (Lipinski definition) is 3. The van der Waals surface area contributed by atoms with Gasteiger partial charge in [-0.15, -0.1) is 0 Å². The Morgan fingerprint density at radius 1 is 1.03 bits per heavy atom. The molecule has 0 saturated heterocycles. The second-order valence-electron chi connectivity index (χ2n) is 7.58. The third-order valence-electron chi connectivity index (χ3n) is 5.87. The molecule has 0 aliphatic heterocycles. The van der Waals surface area contributed by atoms with Gasteiger partial charge in [-0.3, -0.25) is 14.4 Å². The minimum Gasteiger partial charge on any atom is -0.507 e. The summed E-state index contributed by atoms with van der Waals surface area (Å²) in [5, 5.41) is 30.7. The topological polar surface area (TPSA) is 140 Å². The number of carbonyl (C=O) groups excluding carboxylic acids is 3. The number of hydrogen-bond acceptors (Lipinski definition) is 9. The molecule has 1 atom stereocenters. The first-order valence-corrected chi connectivity index (χ1v) is 10.5. The Bertz CT molecular complexity index is 1100. The summed E-state index contributed by atoms with van der Waals surface area (Å²) < 4.78 is 5.20. The fraction of sp³-hybridized carbons (Fsp3) is 0.375. The molecule has 176 valence electrons. The molecule has 4 rings (SSSR count). The number of phenolic OH excluding ortho intramolecular Hbond substituents is 2. The summed E-state index contributed by atoms with van der Waals surface area (Å²) in [7, 11) is 2.87. The number of benzene rings is 2. The molecule has 3 N–H and O–H groups in total. The van der Waals surface area contributed by atoms with Crippen LogP contribution < -0.4 is 4.74 Å². The molecule has 0 fully saturated rings. The predicted molar refractivity (Wildman–Crippen MR) is 116 cm³/mol. The number of ether oxygens (including phenoxy) is 1. The van der Waals surface area contributed by atoms with Gasteiger partial charge in [-0.25, -0.2) is 9.78 Å². The van der Waals surface area contributed by atoms with Crippen molar-refractivity contribution in [2.24, 2.45) is 5.92 Å². The highest BCUT2D eigenvalue weighted by Crippen LogP contribution is 2.47. The summed E-state index contributed by atoms with van der Waals surface area (Å²) >= 11 is 0. The molecular weight excluding hydrogens is 432 g/mol. The van der Waals surface area contributed by atoms with Gasteiger partial charge in [0.2, 0.25) is 5.78 Å². The quantitative estimate of drug-likeness (QED) is 0.298. The third-order valence-corrected chi connectivity index (χ3v) is 5.87. The molecule has 0 heterocycles. The van der Waals surface area contributed by atoms with E-state index in [4.69, 9.17) is 9.84 Å². The second kappa shape index (κ2) is 10.1. The highest BCUT2D eigenvalue weighted by molar-refractivity contribution is 6.31. The molecule has 0 saturated carbocycles. The van der Waals surface area contributed by atoms with Gasteiger partial charge in [-0.2, -0.15) is 0 Å². The maximum Gasteiger partial charge on any atom is 0.202 e. The average molecular weight is 458 g/mol. The van der Waals surface area contributed by atoms with E-state index >= 15 is 0 Å². The van der Waals surface area contributed by atoms with Crippen LogP contribution in [0.15, 0.2) is 18.2 Å². The zero-order chi connectivity index (χ0) is 24.3. The van der Waals surface area contributed by atoms with E-state index in [1.807, 2.05) is 6.92 Å². The van der Waals surface area contributed by atoms with Gasteiger partial charge in [-0.05, 0) is 32.3 Å². The van der Waals surface area contributed by atoms with Crippen LogP contribution in [-0.2, 0) is 27.4 Å². The molecule has 0 aromatic heterocycles. The maximum absolute atomic E-state index is 13.1. The van der Waals surface area contributed by atoms with Gasteiger partial charge in [0.15, 0.2) is 11.6 Å². The molecule has 2 aliphatic rings. The Labute approximate surface area is 190 Å². The van der Waals surface area contributed by atoms with E-state index in [1.165, 1.54) is 20.3 Å². The number of methoxy groups -OCH3 is 1. The Morgan fingerprint density at radius 2 is 1.70 bits per heavy atom. The summed E-state index contributed by atoms with van der Waals surface area (Å²) in [6.07, 6.45) is 0.715. The van der Waals surface area contributed by atoms with E-state index in [0.29, 0.717) is 18.6 Å². The summed E-state index contributed by atoms with van der Waals surface area (Å²) in [6.45, 7) is 1.88. The number of carbonyl (C=O) groups is 3. The zero-order valence-corrected chi connectivity index (χ0v) is 18.6. The van der Waals surface area contributed by atoms with Crippen LogP contribution in [-0.4, -0.2) is 60.1 Å². The van der Waals surface area contributed by atoms with Crippen LogP contribution in [0.1, 0.15) is 56.3 Å². The molecule has 0 bridgehead atoms. The first-order chi connectivity index (χ1) is 15.8. The van der Waals surface area contributed by atoms with Crippen molar-refractivity contribution in [3.63, 3.8) is 0 Å². The van der Waals surface area contributed by atoms with Crippen molar-refractivity contribution in [2.45, 2.75) is 26.2 Å². The Kier molecular flexibility index (Phi) is 7.47. The highest BCUT2D eigenvalue weighted by Gasteiger charge is 2.40. The van der Waals surface area contributed by atoms with Gasteiger partial charge in [0.05, 0.1) is 37.5 Å². The molecule has 0 amide bonds. The van der Waals surface area contributed by atoms with Crippen molar-refractivity contribution >= 4 is 17.3 Å². The largest absolute Gasteiger partial charge is 0.507 e. The zero-order valence-electron chi connectivity index (χ0n) is 18.6. The number of phenols is 2. The lowest BCUT2D eigenvalue weighted by Gasteiger charge is -2.29. The molecule has 0 radical (unpaired) electrons. The van der Waals surface area contributed by atoms with E-state index in [2.05, 4.69) is 9.78 Å². The van der Waals surface area contributed by atoms with Crippen molar-refractivity contribution in [3.05, 3.63) is 51.6 Å². The Hall–Kier alpha value is -3.27. The van der Waals surface area contributed by atoms with E-state index in [9.17, 15) is 24.6 Å². The number of aliphatic hydroxyl groups excluding tert-OH is 1. The Morgan fingerprint density at radius 3 is 2.27 bits per heavy atom. The van der Waals surface area contributed by atoms with Crippen molar-refractivity contribution in [3.8, 4) is 17.2 Å². The van der Waals surface area contributed by atoms with Crippen LogP contribution in [0.25, 0.3) is 0 Å². The van der Waals surface area contributed by atoms with Gasteiger partial charge >= 0.3 is 0 Å². The average Bonchev–Trinajstić information content (AvgIpc) is 2.84. The molecule has 2 aromatic rings. The summed E-state index contributed by atoms with van der Waals surface area (Å²) in [6, 6.07) is 4.59. The van der Waals surface area contributed by atoms with Gasteiger partial charge in [0.25, 0.3) is 0 Å². The molecule has 1 unspecified atom stereocenters. The number of Topliss-reactive ketones (excluding diaryl/α,β-unsaturated/α-hetero) is 1. The van der Waals surface area contributed by atoms with E-state index in [1.54, 1.807) is 12.1 Å². The van der Waals surface area contributed by atoms with Gasteiger partial charge in [0, 0.05) is 22.6 Å². The SMILES string of the molecule is CCOOC.COc1cccc2c1C(=O)c1c(O)c3c(c(O)c1C2=O)CC(C(=O)CO)CC3. The maximum atomic E-state index is 13.1. The van der Waals surface area contributed by atoms with Crippen LogP contribution in [0.5, 0.6) is 17.2 Å². The third kappa shape index (κ3) is 4.22. The van der Waals surface area contributed by atoms with Crippen molar-refractivity contribution in [1.29, 1.82) is 0 Å². The molecule has 0 spiro atoms. The van der Waals surface area contributed by atoms with E-state index < -0.39 is 24.1 Å². The van der Waals surface area contributed by atoms with Crippen LogP contribution in [0.3, 0.4) is 0 Å². The molecule has 9 nitrogen and oxygen atoms in total. The minimum absolute atomic E-state index is 0.0568. The molecule has 2 aromatic carbocycles. The number of ketones is 3. The Balaban J connectivity index is 0.000000555. The monoisotopic (exact) mass is 458 g/mol.